The molecular weight excluding hydrogens is 465 g/mol. The average molecular weight is 487 g/mol. The largest absolute Gasteiger partial charge is 0.467 e. The lowest BCUT2D eigenvalue weighted by molar-refractivity contribution is -0.168. The number of hydrogen-bond acceptors (Lipinski definition) is 8. The third-order valence-electron chi connectivity index (χ3n) is 3.47. The van der Waals surface area contributed by atoms with E-state index < -0.39 is 40.6 Å². The molecule has 9 nitrogen and oxygen atoms in total. The number of nitrogens with one attached hydrogen (secondary N) is 1. The highest BCUT2D eigenvalue weighted by atomic mass is 35.6. The van der Waals surface area contributed by atoms with Crippen LogP contribution in [0.2, 0.25) is 0 Å². The van der Waals surface area contributed by atoms with Crippen molar-refractivity contribution in [3.05, 3.63) is 35.9 Å². The van der Waals surface area contributed by atoms with E-state index in [-0.39, 0.29) is 19.8 Å². The van der Waals surface area contributed by atoms with Crippen molar-refractivity contribution >= 4 is 52.8 Å². The van der Waals surface area contributed by atoms with Crippen LogP contribution >= 0.6 is 34.8 Å². The molecule has 0 aromatic heterocycles. The quantitative estimate of drug-likeness (QED) is 0.220. The first-order valence-electron chi connectivity index (χ1n) is 8.55. The fourth-order valence-electron chi connectivity index (χ4n) is 2.11. The van der Waals surface area contributed by atoms with Gasteiger partial charge in [0.2, 0.25) is 3.79 Å². The van der Waals surface area contributed by atoms with Crippen LogP contribution in [0.25, 0.3) is 0 Å². The zero-order valence-electron chi connectivity index (χ0n) is 16.3. The topological polar surface area (TPSA) is 109 Å². The Labute approximate surface area is 188 Å². The van der Waals surface area contributed by atoms with Crippen molar-refractivity contribution in [3.63, 3.8) is 0 Å². The van der Waals surface area contributed by atoms with Crippen molar-refractivity contribution in [3.8, 4) is 0 Å². The van der Waals surface area contributed by atoms with Gasteiger partial charge in [-0.15, -0.1) is 0 Å². The Morgan fingerprint density at radius 3 is 2.27 bits per heavy atom. The first kappa shape index (κ1) is 26.3. The van der Waals surface area contributed by atoms with Crippen LogP contribution in [-0.2, 0) is 39.9 Å². The summed E-state index contributed by atoms with van der Waals surface area (Å²) < 4.78 is 22.9. The zero-order valence-corrected chi connectivity index (χ0v) is 18.5. The molecule has 0 radical (unpaired) electrons. The van der Waals surface area contributed by atoms with Gasteiger partial charge in [0.05, 0.1) is 7.11 Å². The van der Waals surface area contributed by atoms with E-state index in [0.717, 1.165) is 12.7 Å². The van der Waals surface area contributed by atoms with Crippen LogP contribution in [0.4, 0.5) is 4.79 Å². The number of carbonyl (C=O) groups is 3. The van der Waals surface area contributed by atoms with Crippen LogP contribution in [0.3, 0.4) is 0 Å². The minimum absolute atomic E-state index is 0.00583. The van der Waals surface area contributed by atoms with Crippen LogP contribution in [0.15, 0.2) is 30.3 Å². The highest BCUT2D eigenvalue weighted by Gasteiger charge is 2.32. The molecular formula is C18H22Cl3NO8. The first-order chi connectivity index (χ1) is 14.2. The van der Waals surface area contributed by atoms with E-state index in [2.05, 4.69) is 10.1 Å². The lowest BCUT2D eigenvalue weighted by Crippen LogP contribution is -2.46. The number of esters is 2. The molecule has 12 heteroatoms. The predicted molar refractivity (Wildman–Crippen MR) is 108 cm³/mol. The smallest absolute Gasteiger partial charge is 0.407 e. The van der Waals surface area contributed by atoms with Crippen LogP contribution in [0.5, 0.6) is 0 Å². The molecule has 1 rings (SSSR count). The van der Waals surface area contributed by atoms with Crippen molar-refractivity contribution in [1.82, 2.24) is 5.32 Å². The third-order valence-corrected chi connectivity index (χ3v) is 3.80. The van der Waals surface area contributed by atoms with Gasteiger partial charge in [0.15, 0.2) is 6.10 Å². The molecule has 30 heavy (non-hydrogen) atoms. The van der Waals surface area contributed by atoms with Crippen LogP contribution in [-0.4, -0.2) is 61.6 Å². The summed E-state index contributed by atoms with van der Waals surface area (Å²) in [4.78, 5) is 36.4. The summed E-state index contributed by atoms with van der Waals surface area (Å²) in [6, 6.07) is 7.66. The van der Waals surface area contributed by atoms with Crippen molar-refractivity contribution in [2.45, 2.75) is 29.0 Å². The lowest BCUT2D eigenvalue weighted by Gasteiger charge is -2.22. The van der Waals surface area contributed by atoms with Gasteiger partial charge in [0, 0.05) is 13.5 Å². The number of carbonyl (C=O) groups excluding carboxylic acids is 3. The van der Waals surface area contributed by atoms with E-state index in [1.165, 1.54) is 7.11 Å². The number of benzene rings is 1. The SMILES string of the molecule is COCO[C@H](C[C@@H](NC(=O)OCC(Cl)(Cl)Cl)C(=O)OC)C(=O)OCc1ccccc1. The molecule has 0 aliphatic carbocycles. The zero-order chi connectivity index (χ0) is 22.6. The fourth-order valence-corrected chi connectivity index (χ4v) is 2.27. The van der Waals surface area contributed by atoms with E-state index in [1.54, 1.807) is 24.3 Å². The fraction of sp³-hybridized carbons (Fsp3) is 0.500. The van der Waals surface area contributed by atoms with Crippen molar-refractivity contribution in [2.24, 2.45) is 0 Å². The van der Waals surface area contributed by atoms with Crippen molar-refractivity contribution < 1.29 is 38.1 Å². The second-order valence-electron chi connectivity index (χ2n) is 5.80. The number of alkyl halides is 3. The van der Waals surface area contributed by atoms with E-state index in [1.807, 2.05) is 6.07 Å². The number of methoxy groups -OCH3 is 2. The number of rotatable bonds is 11. The number of halogens is 3. The molecule has 1 aromatic carbocycles. The summed E-state index contributed by atoms with van der Waals surface area (Å²) in [7, 11) is 2.47. The summed E-state index contributed by atoms with van der Waals surface area (Å²) in [6.45, 7) is -0.815. The van der Waals surface area contributed by atoms with Gasteiger partial charge < -0.3 is 29.0 Å². The standard InChI is InChI=1S/C18H22Cl3NO8/c1-26-11-30-14(16(24)28-9-12-6-4-3-5-7-12)8-13(15(23)27-2)22-17(25)29-10-18(19,20)21/h3-7,13-14H,8-11H2,1-2H3,(H,22,25)/t13-,14-/m1/s1. The maximum Gasteiger partial charge on any atom is 0.407 e. The highest BCUT2D eigenvalue weighted by Crippen LogP contribution is 2.25. The molecule has 0 aliphatic heterocycles. The predicted octanol–water partition coefficient (Wildman–Crippen LogP) is 2.75. The van der Waals surface area contributed by atoms with E-state index in [4.69, 9.17) is 53.8 Å². The van der Waals surface area contributed by atoms with Gasteiger partial charge in [0.1, 0.15) is 26.0 Å². The summed E-state index contributed by atoms with van der Waals surface area (Å²) >= 11 is 16.5. The molecule has 0 bridgehead atoms. The molecule has 1 amide bonds. The molecule has 0 aliphatic rings. The summed E-state index contributed by atoms with van der Waals surface area (Å²) in [6.07, 6.45) is -2.61. The van der Waals surface area contributed by atoms with E-state index in [0.29, 0.717) is 0 Å². The second kappa shape index (κ2) is 13.5. The van der Waals surface area contributed by atoms with Gasteiger partial charge in [-0.25, -0.2) is 14.4 Å². The molecule has 168 valence electrons. The summed E-state index contributed by atoms with van der Waals surface area (Å²) in [5, 5.41) is 2.24. The molecule has 1 aromatic rings. The molecule has 0 fully saturated rings. The van der Waals surface area contributed by atoms with Crippen LogP contribution < -0.4 is 5.32 Å². The van der Waals surface area contributed by atoms with Crippen LogP contribution in [0, 0.1) is 0 Å². The molecule has 0 unspecified atom stereocenters. The second-order valence-corrected chi connectivity index (χ2v) is 8.32. The van der Waals surface area contributed by atoms with E-state index >= 15 is 0 Å². The van der Waals surface area contributed by atoms with Crippen molar-refractivity contribution in [2.75, 3.05) is 27.6 Å². The first-order valence-corrected chi connectivity index (χ1v) is 9.68. The molecule has 0 spiro atoms. The maximum absolute atomic E-state index is 12.5. The van der Waals surface area contributed by atoms with Crippen LogP contribution in [0.1, 0.15) is 12.0 Å². The maximum atomic E-state index is 12.5. The lowest BCUT2D eigenvalue weighted by atomic mass is 10.1. The Morgan fingerprint density at radius 1 is 1.03 bits per heavy atom. The minimum Gasteiger partial charge on any atom is -0.467 e. The third kappa shape index (κ3) is 10.8. The number of ether oxygens (including phenoxy) is 5. The van der Waals surface area contributed by atoms with Gasteiger partial charge in [-0.3, -0.25) is 0 Å². The van der Waals surface area contributed by atoms with Gasteiger partial charge in [-0.05, 0) is 5.56 Å². The van der Waals surface area contributed by atoms with Gasteiger partial charge in [0.25, 0.3) is 0 Å². The average Bonchev–Trinajstić information content (AvgIpc) is 2.72. The van der Waals surface area contributed by atoms with Gasteiger partial charge >= 0.3 is 18.0 Å². The normalized spacial score (nSPS) is 13.1. The van der Waals surface area contributed by atoms with Crippen molar-refractivity contribution in [1.29, 1.82) is 0 Å². The molecule has 2 atom stereocenters. The Hall–Kier alpha value is -1.78. The Balaban J connectivity index is 2.77. The van der Waals surface area contributed by atoms with Gasteiger partial charge in [-0.1, -0.05) is 65.1 Å². The minimum atomic E-state index is -1.83. The molecule has 0 heterocycles. The number of amides is 1. The summed E-state index contributed by atoms with van der Waals surface area (Å²) in [5.41, 5.74) is 0.759. The highest BCUT2D eigenvalue weighted by molar-refractivity contribution is 6.67. The monoisotopic (exact) mass is 485 g/mol. The summed E-state index contributed by atoms with van der Waals surface area (Å²) in [5.74, 6) is -1.61. The Morgan fingerprint density at radius 2 is 1.70 bits per heavy atom. The molecule has 1 N–H and O–H groups in total. The molecule has 0 saturated carbocycles. The van der Waals surface area contributed by atoms with Gasteiger partial charge in [-0.2, -0.15) is 0 Å². The van der Waals surface area contributed by atoms with E-state index in [9.17, 15) is 14.4 Å². The number of hydrogen-bond donors (Lipinski definition) is 1. The Kier molecular flexibility index (Phi) is 11.8. The molecule has 0 saturated heterocycles. The Bertz CT molecular complexity index is 684. The number of alkyl carbamates (subject to hydrolysis) is 1.